The summed E-state index contributed by atoms with van der Waals surface area (Å²) < 4.78 is 7.73. The van der Waals surface area contributed by atoms with Gasteiger partial charge in [0.25, 0.3) is 5.91 Å². The summed E-state index contributed by atoms with van der Waals surface area (Å²) in [6.45, 7) is 1.94. The number of amides is 1. The number of carbonyl (C=O) groups excluding carboxylic acids is 1. The minimum atomic E-state index is 0.0146. The molecule has 0 spiro atoms. The summed E-state index contributed by atoms with van der Waals surface area (Å²) in [6, 6.07) is 15.8. The molecule has 5 nitrogen and oxygen atoms in total. The van der Waals surface area contributed by atoms with E-state index in [1.807, 2.05) is 59.0 Å². The average molecular weight is 375 g/mol. The molecule has 28 heavy (non-hydrogen) atoms. The lowest BCUT2D eigenvalue weighted by atomic mass is 10.1. The summed E-state index contributed by atoms with van der Waals surface area (Å²) in [6.07, 6.45) is 8.05. The van der Waals surface area contributed by atoms with Crippen molar-refractivity contribution in [3.05, 3.63) is 72.1 Å². The Morgan fingerprint density at radius 2 is 2.14 bits per heavy atom. The van der Waals surface area contributed by atoms with Gasteiger partial charge in [0.15, 0.2) is 0 Å². The van der Waals surface area contributed by atoms with E-state index in [2.05, 4.69) is 23.2 Å². The zero-order valence-electron chi connectivity index (χ0n) is 16.1. The van der Waals surface area contributed by atoms with Gasteiger partial charge in [-0.1, -0.05) is 42.5 Å². The fourth-order valence-corrected chi connectivity index (χ4v) is 3.61. The van der Waals surface area contributed by atoms with Gasteiger partial charge in [0.05, 0.1) is 23.5 Å². The first kappa shape index (κ1) is 18.4. The van der Waals surface area contributed by atoms with E-state index in [4.69, 9.17) is 4.74 Å². The van der Waals surface area contributed by atoms with Crippen molar-refractivity contribution in [3.8, 4) is 0 Å². The number of hydrogen-bond acceptors (Lipinski definition) is 3. The maximum Gasteiger partial charge on any atom is 0.254 e. The normalized spacial score (nSPS) is 16.8. The van der Waals surface area contributed by atoms with Crippen LogP contribution in [0.2, 0.25) is 0 Å². The second-order valence-electron chi connectivity index (χ2n) is 7.22. The van der Waals surface area contributed by atoms with E-state index < -0.39 is 0 Å². The number of aromatic nitrogens is 2. The smallest absolute Gasteiger partial charge is 0.254 e. The topological polar surface area (TPSA) is 47.4 Å². The van der Waals surface area contributed by atoms with Crippen molar-refractivity contribution in [3.63, 3.8) is 0 Å². The Bertz CT molecular complexity index is 972. The minimum absolute atomic E-state index is 0.0146. The lowest BCUT2D eigenvalue weighted by molar-refractivity contribution is 0.0554. The molecule has 4 rings (SSSR count). The molecule has 0 saturated carbocycles. The van der Waals surface area contributed by atoms with Crippen LogP contribution in [0, 0.1) is 0 Å². The SMILES string of the molecule is Cn1cnc2cc(C(=O)N(CC=Cc3ccccc3)CC3CCCO3)ccc21. The molecule has 144 valence electrons. The van der Waals surface area contributed by atoms with Crippen molar-refractivity contribution in [2.75, 3.05) is 19.7 Å². The van der Waals surface area contributed by atoms with Crippen LogP contribution in [0.5, 0.6) is 0 Å². The number of hydrogen-bond donors (Lipinski definition) is 0. The van der Waals surface area contributed by atoms with Gasteiger partial charge in [0, 0.05) is 32.3 Å². The highest BCUT2D eigenvalue weighted by atomic mass is 16.5. The number of fused-ring (bicyclic) bond motifs is 1. The molecule has 1 unspecified atom stereocenters. The first-order chi connectivity index (χ1) is 13.7. The van der Waals surface area contributed by atoms with Crippen LogP contribution in [-0.4, -0.2) is 46.2 Å². The van der Waals surface area contributed by atoms with Crippen LogP contribution in [-0.2, 0) is 11.8 Å². The second kappa shape index (κ2) is 8.40. The molecule has 2 aromatic carbocycles. The van der Waals surface area contributed by atoms with Crippen molar-refractivity contribution < 1.29 is 9.53 Å². The van der Waals surface area contributed by atoms with Crippen LogP contribution in [0.15, 0.2) is 60.9 Å². The zero-order chi connectivity index (χ0) is 19.3. The van der Waals surface area contributed by atoms with Gasteiger partial charge in [0.2, 0.25) is 0 Å². The number of benzene rings is 2. The van der Waals surface area contributed by atoms with E-state index in [0.717, 1.165) is 36.0 Å². The fourth-order valence-electron chi connectivity index (χ4n) is 3.61. The Balaban J connectivity index is 1.53. The van der Waals surface area contributed by atoms with Crippen molar-refractivity contribution in [2.45, 2.75) is 18.9 Å². The van der Waals surface area contributed by atoms with Gasteiger partial charge < -0.3 is 14.2 Å². The second-order valence-corrected chi connectivity index (χ2v) is 7.22. The maximum atomic E-state index is 13.2. The number of ether oxygens (including phenoxy) is 1. The van der Waals surface area contributed by atoms with Gasteiger partial charge in [-0.15, -0.1) is 0 Å². The van der Waals surface area contributed by atoms with Gasteiger partial charge in [0.1, 0.15) is 0 Å². The highest BCUT2D eigenvalue weighted by molar-refractivity contribution is 5.97. The van der Waals surface area contributed by atoms with E-state index >= 15 is 0 Å². The molecular weight excluding hydrogens is 350 g/mol. The summed E-state index contributed by atoms with van der Waals surface area (Å²) in [5, 5.41) is 0. The molecule has 1 fully saturated rings. The summed E-state index contributed by atoms with van der Waals surface area (Å²) in [5.41, 5.74) is 3.65. The molecule has 3 aromatic rings. The van der Waals surface area contributed by atoms with E-state index in [1.165, 1.54) is 0 Å². The Labute approximate surface area is 165 Å². The third-order valence-electron chi connectivity index (χ3n) is 5.14. The highest BCUT2D eigenvalue weighted by Crippen LogP contribution is 2.18. The Kier molecular flexibility index (Phi) is 5.53. The van der Waals surface area contributed by atoms with Crippen molar-refractivity contribution in [1.82, 2.24) is 14.5 Å². The van der Waals surface area contributed by atoms with Crippen LogP contribution in [0.25, 0.3) is 17.1 Å². The molecule has 1 aliphatic heterocycles. The predicted molar refractivity (Wildman–Crippen MR) is 111 cm³/mol. The Hall–Kier alpha value is -2.92. The minimum Gasteiger partial charge on any atom is -0.376 e. The summed E-state index contributed by atoms with van der Waals surface area (Å²) in [7, 11) is 1.95. The molecule has 1 saturated heterocycles. The van der Waals surface area contributed by atoms with Crippen LogP contribution in [0.3, 0.4) is 0 Å². The van der Waals surface area contributed by atoms with E-state index in [1.54, 1.807) is 6.33 Å². The standard InChI is InChI=1S/C23H25N3O2/c1-25-17-24-21-15-19(11-12-22(21)25)23(27)26(16-20-10-6-14-28-20)13-5-9-18-7-3-2-4-8-18/h2-5,7-9,11-12,15,17,20H,6,10,13-14,16H2,1H3. The van der Waals surface area contributed by atoms with E-state index in [9.17, 15) is 4.79 Å². The van der Waals surface area contributed by atoms with E-state index in [0.29, 0.717) is 18.7 Å². The van der Waals surface area contributed by atoms with Gasteiger partial charge >= 0.3 is 0 Å². The van der Waals surface area contributed by atoms with Crippen molar-refractivity contribution >= 4 is 23.0 Å². The number of nitrogens with zero attached hydrogens (tertiary/aromatic N) is 3. The van der Waals surface area contributed by atoms with Crippen molar-refractivity contribution in [1.29, 1.82) is 0 Å². The Morgan fingerprint density at radius 1 is 1.29 bits per heavy atom. The molecule has 0 radical (unpaired) electrons. The molecular formula is C23H25N3O2. The predicted octanol–water partition coefficient (Wildman–Crippen LogP) is 3.91. The zero-order valence-corrected chi connectivity index (χ0v) is 16.1. The Morgan fingerprint density at radius 3 is 2.93 bits per heavy atom. The largest absolute Gasteiger partial charge is 0.376 e. The monoisotopic (exact) mass is 375 g/mol. The summed E-state index contributed by atoms with van der Waals surface area (Å²) in [5.74, 6) is 0.0146. The fraction of sp³-hybridized carbons (Fsp3) is 0.304. The van der Waals surface area contributed by atoms with Gasteiger partial charge in [-0.05, 0) is 36.6 Å². The molecule has 1 amide bonds. The third-order valence-corrected chi connectivity index (χ3v) is 5.14. The van der Waals surface area contributed by atoms with Crippen LogP contribution in [0.1, 0.15) is 28.8 Å². The lowest BCUT2D eigenvalue weighted by Gasteiger charge is -2.24. The molecule has 0 N–H and O–H groups in total. The molecule has 1 aliphatic rings. The molecule has 1 aromatic heterocycles. The molecule has 0 bridgehead atoms. The van der Waals surface area contributed by atoms with Crippen LogP contribution < -0.4 is 0 Å². The van der Waals surface area contributed by atoms with Gasteiger partial charge in [-0.25, -0.2) is 4.98 Å². The average Bonchev–Trinajstić information content (AvgIpc) is 3.37. The number of rotatable bonds is 6. The maximum absolute atomic E-state index is 13.2. The van der Waals surface area contributed by atoms with E-state index in [-0.39, 0.29) is 12.0 Å². The molecule has 2 heterocycles. The number of carbonyl (C=O) groups is 1. The van der Waals surface area contributed by atoms with Gasteiger partial charge in [-0.3, -0.25) is 4.79 Å². The molecule has 0 aliphatic carbocycles. The quantitative estimate of drug-likeness (QED) is 0.656. The van der Waals surface area contributed by atoms with Gasteiger partial charge in [-0.2, -0.15) is 0 Å². The molecule has 1 atom stereocenters. The lowest BCUT2D eigenvalue weighted by Crippen LogP contribution is -2.37. The summed E-state index contributed by atoms with van der Waals surface area (Å²) >= 11 is 0. The van der Waals surface area contributed by atoms with Crippen molar-refractivity contribution in [2.24, 2.45) is 7.05 Å². The third kappa shape index (κ3) is 4.15. The molecule has 5 heteroatoms. The summed E-state index contributed by atoms with van der Waals surface area (Å²) in [4.78, 5) is 19.5. The first-order valence-corrected chi connectivity index (χ1v) is 9.74. The van der Waals surface area contributed by atoms with Crippen LogP contribution in [0.4, 0.5) is 0 Å². The van der Waals surface area contributed by atoms with Crippen LogP contribution >= 0.6 is 0 Å². The number of imidazole rings is 1. The first-order valence-electron chi connectivity index (χ1n) is 9.74. The highest BCUT2D eigenvalue weighted by Gasteiger charge is 2.23. The number of aryl methyl sites for hydroxylation is 1.